The number of anilines is 3. The molecule has 1 saturated heterocycles. The number of nitrogen functional groups attached to an aromatic ring is 1. The van der Waals surface area contributed by atoms with Crippen molar-refractivity contribution >= 4 is 39.5 Å². The summed E-state index contributed by atoms with van der Waals surface area (Å²) in [5.74, 6) is 0.896. The van der Waals surface area contributed by atoms with E-state index in [1.165, 1.54) is 11.3 Å². The molecule has 3 aromatic heterocycles. The van der Waals surface area contributed by atoms with E-state index in [0.717, 1.165) is 42.7 Å². The topological polar surface area (TPSA) is 169 Å². The summed E-state index contributed by atoms with van der Waals surface area (Å²) in [7, 11) is 2.09. The number of rotatable bonds is 10. The van der Waals surface area contributed by atoms with Gasteiger partial charge in [-0.25, -0.2) is 9.97 Å². The lowest BCUT2D eigenvalue weighted by atomic mass is 9.79. The minimum Gasteiger partial charge on any atom is -0.476 e. The Morgan fingerprint density at radius 2 is 2.05 bits per heavy atom. The maximum atomic E-state index is 14.1. The second kappa shape index (κ2) is 14.9. The lowest BCUT2D eigenvalue weighted by Gasteiger charge is -2.24. The van der Waals surface area contributed by atoms with Crippen LogP contribution >= 0.6 is 11.3 Å². The molecule has 0 unspecified atom stereocenters. The monoisotopic (exact) mass is 603 g/mol. The molecule has 0 radical (unpaired) electrons. The van der Waals surface area contributed by atoms with Gasteiger partial charge in [-0.05, 0) is 57.7 Å². The maximum absolute atomic E-state index is 14.1. The number of likely N-dealkylation sites (tertiary alicyclic amines) is 1. The molecule has 0 aromatic carbocycles. The van der Waals surface area contributed by atoms with Gasteiger partial charge in [-0.1, -0.05) is 27.2 Å². The van der Waals surface area contributed by atoms with Gasteiger partial charge in [0.2, 0.25) is 5.88 Å². The molecule has 0 bridgehead atoms. The zero-order valence-electron chi connectivity index (χ0n) is 25.4. The summed E-state index contributed by atoms with van der Waals surface area (Å²) in [5.41, 5.74) is 14.7. The molecule has 1 fully saturated rings. The molecule has 4 heterocycles. The van der Waals surface area contributed by atoms with Crippen molar-refractivity contribution in [3.63, 3.8) is 0 Å². The summed E-state index contributed by atoms with van der Waals surface area (Å²) >= 11 is 1.40. The average Bonchev–Trinajstić information content (AvgIpc) is 3.60. The minimum atomic E-state index is -0.475. The summed E-state index contributed by atoms with van der Waals surface area (Å²) in [4.78, 5) is 35.1. The first-order valence-corrected chi connectivity index (χ1v) is 15.8. The van der Waals surface area contributed by atoms with Crippen LogP contribution in [-0.4, -0.2) is 56.9 Å². The van der Waals surface area contributed by atoms with Crippen LogP contribution in [-0.2, 0) is 11.2 Å². The number of allylic oxidation sites excluding steroid dienone is 1. The fourth-order valence-electron chi connectivity index (χ4n) is 5.59. The van der Waals surface area contributed by atoms with Crippen molar-refractivity contribution in [2.24, 2.45) is 5.73 Å². The maximum Gasteiger partial charge on any atom is 0.219 e. The van der Waals surface area contributed by atoms with Crippen molar-refractivity contribution in [2.45, 2.75) is 77.7 Å². The predicted molar refractivity (Wildman–Crippen MR) is 170 cm³/mol. The van der Waals surface area contributed by atoms with Gasteiger partial charge in [0.25, 0.3) is 0 Å². The van der Waals surface area contributed by atoms with Gasteiger partial charge in [0.15, 0.2) is 11.6 Å². The molecule has 5 rings (SSSR count). The number of nitrogens with one attached hydrogen (secondary N) is 1. The number of aromatic nitrogens is 4. The van der Waals surface area contributed by atoms with Crippen LogP contribution in [0.15, 0.2) is 30.2 Å². The Balaban J connectivity index is 0.00000207. The first kappa shape index (κ1) is 31.8. The number of hydrogen-bond donors (Lipinski definition) is 3. The summed E-state index contributed by atoms with van der Waals surface area (Å²) in [6.07, 6.45) is 10.4. The molecule has 2 atom stereocenters. The van der Waals surface area contributed by atoms with Gasteiger partial charge in [0.1, 0.15) is 29.3 Å². The molecule has 1 aliphatic heterocycles. The Hall–Kier alpha value is -4.08. The number of ketones is 1. The zero-order valence-corrected chi connectivity index (χ0v) is 26.2. The SMILES string of the molecule is CC.CCC/C(C(=O)[C@H]1CCCc2sc(N)c(C#N)c21)=C(/N)c1nc(Nc2cnccn2)cc(OC[C@@H]2CCCN2C)n1. The molecule has 11 nitrogen and oxygen atoms in total. The summed E-state index contributed by atoms with van der Waals surface area (Å²) in [6.45, 7) is 7.51. The van der Waals surface area contributed by atoms with Crippen molar-refractivity contribution in [1.29, 1.82) is 5.26 Å². The predicted octanol–water partition coefficient (Wildman–Crippen LogP) is 5.18. The van der Waals surface area contributed by atoms with E-state index in [0.29, 0.717) is 65.6 Å². The number of ether oxygens (including phenoxy) is 1. The molecule has 5 N–H and O–H groups in total. The molecule has 2 aliphatic rings. The minimum absolute atomic E-state index is 0.106. The lowest BCUT2D eigenvalue weighted by molar-refractivity contribution is -0.117. The lowest BCUT2D eigenvalue weighted by Crippen LogP contribution is -2.30. The van der Waals surface area contributed by atoms with Crippen molar-refractivity contribution < 1.29 is 9.53 Å². The Bertz CT molecular complexity index is 1480. The number of hydrogen-bond acceptors (Lipinski definition) is 12. The van der Waals surface area contributed by atoms with E-state index in [2.05, 4.69) is 43.3 Å². The van der Waals surface area contributed by atoms with Crippen LogP contribution in [0.1, 0.15) is 87.0 Å². The van der Waals surface area contributed by atoms with Crippen LogP contribution in [0.4, 0.5) is 16.6 Å². The number of fused-ring (bicyclic) bond motifs is 1. The van der Waals surface area contributed by atoms with Gasteiger partial charge in [-0.3, -0.25) is 9.78 Å². The second-order valence-corrected chi connectivity index (χ2v) is 11.6. The average molecular weight is 604 g/mol. The van der Waals surface area contributed by atoms with E-state index in [1.807, 2.05) is 20.8 Å². The molecule has 0 spiro atoms. The Kier molecular flexibility index (Phi) is 11.0. The third kappa shape index (κ3) is 7.29. The van der Waals surface area contributed by atoms with E-state index in [-0.39, 0.29) is 17.3 Å². The number of thiophene rings is 1. The standard InChI is InChI=1S/C29H35N9O2S.C2H6/c1-3-6-19(27(39)18-8-4-9-21-25(18)20(14-30)28(32)41-21)26(31)29-36-22(35-23-15-33-10-11-34-23)13-24(37-29)40-16-17-7-5-12-38(17)2;1-2/h10-11,13,15,17-18H,3-9,12,16,31-32H2,1-2H3,(H,34,35,36,37);1-2H3/b26-19-;/t17-,18-;/m0./s1. The highest BCUT2D eigenvalue weighted by atomic mass is 32.1. The van der Waals surface area contributed by atoms with Gasteiger partial charge in [0, 0.05) is 40.9 Å². The van der Waals surface area contributed by atoms with Crippen molar-refractivity contribution in [3.05, 3.63) is 52.1 Å². The Labute approximate surface area is 257 Å². The van der Waals surface area contributed by atoms with Gasteiger partial charge >= 0.3 is 0 Å². The largest absolute Gasteiger partial charge is 0.476 e. The summed E-state index contributed by atoms with van der Waals surface area (Å²) < 4.78 is 6.15. The first-order valence-electron chi connectivity index (χ1n) is 15.0. The van der Waals surface area contributed by atoms with Crippen LogP contribution in [0.2, 0.25) is 0 Å². The number of carbonyl (C=O) groups excluding carboxylic acids is 1. The second-order valence-electron chi connectivity index (χ2n) is 10.5. The molecule has 1 aliphatic carbocycles. The Morgan fingerprint density at radius 1 is 1.23 bits per heavy atom. The van der Waals surface area contributed by atoms with Gasteiger partial charge in [0.05, 0.1) is 17.5 Å². The summed E-state index contributed by atoms with van der Waals surface area (Å²) in [5, 5.41) is 13.4. The van der Waals surface area contributed by atoms with Gasteiger partial charge in [-0.2, -0.15) is 10.2 Å². The molecule has 43 heavy (non-hydrogen) atoms. The normalized spacial score (nSPS) is 18.5. The quantitative estimate of drug-likeness (QED) is 0.261. The highest BCUT2D eigenvalue weighted by Crippen LogP contribution is 2.44. The van der Waals surface area contributed by atoms with E-state index in [9.17, 15) is 10.1 Å². The highest BCUT2D eigenvalue weighted by molar-refractivity contribution is 7.16. The molecular weight excluding hydrogens is 562 g/mol. The zero-order chi connectivity index (χ0) is 30.9. The molecule has 0 amide bonds. The van der Waals surface area contributed by atoms with E-state index in [4.69, 9.17) is 16.2 Å². The number of Topliss-reactive ketones (excluding diaryl/α,β-unsaturated/α-hetero) is 1. The van der Waals surface area contributed by atoms with Crippen molar-refractivity contribution in [2.75, 3.05) is 31.2 Å². The van der Waals surface area contributed by atoms with E-state index >= 15 is 0 Å². The third-order valence-electron chi connectivity index (χ3n) is 7.70. The molecular formula is C31H41N9O2S. The van der Waals surface area contributed by atoms with Gasteiger partial charge < -0.3 is 26.4 Å². The van der Waals surface area contributed by atoms with Crippen LogP contribution in [0, 0.1) is 11.3 Å². The molecule has 12 heteroatoms. The third-order valence-corrected chi connectivity index (χ3v) is 8.80. The number of aryl methyl sites for hydroxylation is 1. The van der Waals surface area contributed by atoms with Crippen LogP contribution in [0.3, 0.4) is 0 Å². The molecule has 0 saturated carbocycles. The highest BCUT2D eigenvalue weighted by Gasteiger charge is 2.34. The Morgan fingerprint density at radius 3 is 2.72 bits per heavy atom. The van der Waals surface area contributed by atoms with Gasteiger partial charge in [-0.15, -0.1) is 11.3 Å². The number of likely N-dealkylation sites (N-methyl/N-ethyl adjacent to an activating group) is 1. The molecule has 3 aromatic rings. The van der Waals surface area contributed by atoms with Crippen molar-refractivity contribution in [3.8, 4) is 11.9 Å². The van der Waals surface area contributed by atoms with Crippen LogP contribution in [0.5, 0.6) is 5.88 Å². The molecule has 228 valence electrons. The van der Waals surface area contributed by atoms with Crippen LogP contribution in [0.25, 0.3) is 5.70 Å². The number of nitrogens with zero attached hydrogens (tertiary/aromatic N) is 6. The summed E-state index contributed by atoms with van der Waals surface area (Å²) in [6, 6.07) is 4.21. The van der Waals surface area contributed by atoms with Crippen LogP contribution < -0.4 is 21.5 Å². The first-order chi connectivity index (χ1) is 20.9. The number of carbonyl (C=O) groups is 1. The number of nitriles is 1. The fraction of sp³-hybridized carbons (Fsp3) is 0.484. The fourth-order valence-corrected chi connectivity index (χ4v) is 6.71. The van der Waals surface area contributed by atoms with E-state index < -0.39 is 5.92 Å². The van der Waals surface area contributed by atoms with Crippen molar-refractivity contribution in [1.82, 2.24) is 24.8 Å². The smallest absolute Gasteiger partial charge is 0.219 e. The number of nitrogens with two attached hydrogens (primary N) is 2. The van der Waals surface area contributed by atoms with E-state index in [1.54, 1.807) is 24.7 Å².